The molecule has 24 heavy (non-hydrogen) atoms. The summed E-state index contributed by atoms with van der Waals surface area (Å²) in [5.74, 6) is -0.332. The van der Waals surface area contributed by atoms with E-state index in [1.165, 1.54) is 4.57 Å². The Morgan fingerprint density at radius 3 is 2.71 bits per heavy atom. The van der Waals surface area contributed by atoms with E-state index in [-0.39, 0.29) is 23.2 Å². The van der Waals surface area contributed by atoms with Gasteiger partial charge in [-0.05, 0) is 24.3 Å². The Hall–Kier alpha value is -2.92. The zero-order valence-electron chi connectivity index (χ0n) is 12.4. The van der Waals surface area contributed by atoms with Gasteiger partial charge in [0.15, 0.2) is 5.82 Å². The highest BCUT2D eigenvalue weighted by Gasteiger charge is 2.20. The third-order valence-electron chi connectivity index (χ3n) is 3.81. The smallest absolute Gasteiger partial charge is 0.347 e. The molecule has 118 valence electrons. The van der Waals surface area contributed by atoms with Gasteiger partial charge in [0.2, 0.25) is 5.91 Å². The lowest BCUT2D eigenvalue weighted by Crippen LogP contribution is -2.16. The first-order valence-corrected chi connectivity index (χ1v) is 7.82. The van der Waals surface area contributed by atoms with Crippen molar-refractivity contribution in [3.63, 3.8) is 0 Å². The highest BCUT2D eigenvalue weighted by atomic mass is 35.5. The zero-order chi connectivity index (χ0) is 16.7. The molecular formula is C18H11ClN2O3. The van der Waals surface area contributed by atoms with Crippen molar-refractivity contribution in [2.45, 2.75) is 0 Å². The Balaban J connectivity index is 2.08. The highest BCUT2D eigenvalue weighted by Crippen LogP contribution is 2.25. The van der Waals surface area contributed by atoms with Gasteiger partial charge in [-0.25, -0.2) is 9.78 Å². The van der Waals surface area contributed by atoms with Gasteiger partial charge >= 0.3 is 5.63 Å². The summed E-state index contributed by atoms with van der Waals surface area (Å²) >= 11 is 5.74. The second kappa shape index (κ2) is 5.62. The molecule has 0 aliphatic heterocycles. The number of rotatable bonds is 2. The van der Waals surface area contributed by atoms with E-state index in [1.807, 2.05) is 18.2 Å². The number of hydrogen-bond donors (Lipinski definition) is 0. The molecule has 0 bridgehead atoms. The average molecular weight is 339 g/mol. The minimum atomic E-state index is -0.548. The van der Waals surface area contributed by atoms with Gasteiger partial charge in [0.05, 0.1) is 11.0 Å². The van der Waals surface area contributed by atoms with Crippen LogP contribution in [0.2, 0.25) is 0 Å². The summed E-state index contributed by atoms with van der Waals surface area (Å²) in [6.07, 6.45) is 0. The van der Waals surface area contributed by atoms with Gasteiger partial charge in [-0.1, -0.05) is 30.3 Å². The average Bonchev–Trinajstić information content (AvgIpc) is 2.99. The van der Waals surface area contributed by atoms with Gasteiger partial charge in [-0.15, -0.1) is 11.6 Å². The first-order chi connectivity index (χ1) is 11.7. The molecule has 0 saturated heterocycles. The molecule has 5 nitrogen and oxygen atoms in total. The minimum Gasteiger partial charge on any atom is -0.422 e. The molecule has 0 radical (unpaired) electrons. The maximum absolute atomic E-state index is 12.4. The van der Waals surface area contributed by atoms with E-state index in [4.69, 9.17) is 16.0 Å². The second-order valence-electron chi connectivity index (χ2n) is 5.27. The fourth-order valence-electron chi connectivity index (χ4n) is 2.74. The van der Waals surface area contributed by atoms with Gasteiger partial charge in [-0.2, -0.15) is 0 Å². The number of imidazole rings is 1. The summed E-state index contributed by atoms with van der Waals surface area (Å²) in [4.78, 5) is 29.2. The van der Waals surface area contributed by atoms with Crippen LogP contribution in [0.5, 0.6) is 0 Å². The van der Waals surface area contributed by atoms with E-state index in [0.717, 1.165) is 5.39 Å². The fraction of sp³-hybridized carbons (Fsp3) is 0.0556. The van der Waals surface area contributed by atoms with E-state index < -0.39 is 5.63 Å². The van der Waals surface area contributed by atoms with Gasteiger partial charge in [0.25, 0.3) is 0 Å². The number of benzene rings is 2. The monoisotopic (exact) mass is 338 g/mol. The van der Waals surface area contributed by atoms with E-state index >= 15 is 0 Å². The van der Waals surface area contributed by atoms with Crippen molar-refractivity contribution in [3.05, 3.63) is 65.0 Å². The fourth-order valence-corrected chi connectivity index (χ4v) is 2.86. The van der Waals surface area contributed by atoms with Crippen LogP contribution in [0.25, 0.3) is 33.4 Å². The normalized spacial score (nSPS) is 11.2. The molecule has 0 fully saturated rings. The Morgan fingerprint density at radius 1 is 1.12 bits per heavy atom. The lowest BCUT2D eigenvalue weighted by Gasteiger charge is -2.06. The minimum absolute atomic E-state index is 0.216. The van der Waals surface area contributed by atoms with E-state index in [1.54, 1.807) is 36.4 Å². The van der Waals surface area contributed by atoms with Gasteiger partial charge < -0.3 is 4.42 Å². The quantitative estimate of drug-likeness (QED) is 0.413. The molecule has 2 aromatic heterocycles. The number of para-hydroxylation sites is 3. The zero-order valence-corrected chi connectivity index (χ0v) is 13.2. The van der Waals surface area contributed by atoms with E-state index in [2.05, 4.69) is 4.98 Å². The molecular weight excluding hydrogens is 328 g/mol. The van der Waals surface area contributed by atoms with Crippen LogP contribution in [0.1, 0.15) is 4.79 Å². The maximum atomic E-state index is 12.4. The predicted octanol–water partition coefficient (Wildman–Crippen LogP) is 3.69. The van der Waals surface area contributed by atoms with Crippen LogP contribution in [-0.4, -0.2) is 21.3 Å². The summed E-state index contributed by atoms with van der Waals surface area (Å²) in [5.41, 5.74) is 1.37. The van der Waals surface area contributed by atoms with Crippen molar-refractivity contribution in [3.8, 4) is 11.4 Å². The Bertz CT molecular complexity index is 1140. The molecule has 2 aromatic carbocycles. The number of aromatic nitrogens is 2. The standard InChI is InChI=1S/C18H11ClN2O3/c19-10-16(22)21-14-7-3-2-6-13(14)20-17(21)12-9-11-5-1-4-8-15(11)24-18(12)23/h1-9H,10H2. The molecule has 0 aliphatic rings. The van der Waals surface area contributed by atoms with Crippen LogP contribution in [0.3, 0.4) is 0 Å². The number of hydrogen-bond acceptors (Lipinski definition) is 4. The second-order valence-corrected chi connectivity index (χ2v) is 5.54. The van der Waals surface area contributed by atoms with Crippen molar-refractivity contribution < 1.29 is 9.21 Å². The van der Waals surface area contributed by atoms with Gasteiger partial charge in [0.1, 0.15) is 17.0 Å². The summed E-state index contributed by atoms with van der Waals surface area (Å²) in [5, 5.41) is 0.754. The van der Waals surface area contributed by atoms with Crippen molar-refractivity contribution in [2.24, 2.45) is 0 Å². The maximum Gasteiger partial charge on any atom is 0.347 e. The molecule has 0 aliphatic carbocycles. The highest BCUT2D eigenvalue weighted by molar-refractivity contribution is 6.28. The van der Waals surface area contributed by atoms with Crippen LogP contribution in [-0.2, 0) is 0 Å². The summed E-state index contributed by atoms with van der Waals surface area (Å²) in [7, 11) is 0. The number of fused-ring (bicyclic) bond motifs is 2. The number of halogens is 1. The van der Waals surface area contributed by atoms with Crippen LogP contribution >= 0.6 is 11.6 Å². The molecule has 0 N–H and O–H groups in total. The number of alkyl halides is 1. The molecule has 6 heteroatoms. The van der Waals surface area contributed by atoms with Crippen LogP contribution < -0.4 is 5.63 Å². The molecule has 0 unspecified atom stereocenters. The third kappa shape index (κ3) is 2.21. The summed E-state index contributed by atoms with van der Waals surface area (Å²) in [6.45, 7) is 0. The largest absolute Gasteiger partial charge is 0.422 e. The molecule has 0 amide bonds. The molecule has 0 saturated carbocycles. The number of carbonyl (C=O) groups is 1. The molecule has 0 atom stereocenters. The van der Waals surface area contributed by atoms with Crippen LogP contribution in [0.4, 0.5) is 0 Å². The van der Waals surface area contributed by atoms with Crippen molar-refractivity contribution in [1.82, 2.24) is 9.55 Å². The Labute approximate surface area is 141 Å². The Morgan fingerprint density at radius 2 is 1.88 bits per heavy atom. The van der Waals surface area contributed by atoms with Gasteiger partial charge in [0, 0.05) is 5.39 Å². The number of carbonyl (C=O) groups excluding carboxylic acids is 1. The molecule has 0 spiro atoms. The SMILES string of the molecule is O=C(CCl)n1c(-c2cc3ccccc3oc2=O)nc2ccccc21. The van der Waals surface area contributed by atoms with Crippen LogP contribution in [0.15, 0.2) is 63.8 Å². The lowest BCUT2D eigenvalue weighted by atomic mass is 10.2. The lowest BCUT2D eigenvalue weighted by molar-refractivity contribution is 0.0946. The molecule has 4 aromatic rings. The van der Waals surface area contributed by atoms with E-state index in [0.29, 0.717) is 16.6 Å². The Kier molecular flexibility index (Phi) is 3.43. The molecule has 2 heterocycles. The van der Waals surface area contributed by atoms with Crippen molar-refractivity contribution in [1.29, 1.82) is 0 Å². The summed E-state index contributed by atoms with van der Waals surface area (Å²) < 4.78 is 6.72. The molecule has 4 rings (SSSR count). The van der Waals surface area contributed by atoms with Crippen molar-refractivity contribution >= 4 is 39.5 Å². The summed E-state index contributed by atoms with van der Waals surface area (Å²) in [6, 6.07) is 16.0. The third-order valence-corrected chi connectivity index (χ3v) is 4.04. The number of nitrogens with zero attached hydrogens (tertiary/aromatic N) is 2. The topological polar surface area (TPSA) is 65.1 Å². The predicted molar refractivity (Wildman–Crippen MR) is 92.6 cm³/mol. The first kappa shape index (κ1) is 14.7. The first-order valence-electron chi connectivity index (χ1n) is 7.29. The van der Waals surface area contributed by atoms with Crippen LogP contribution in [0, 0.1) is 0 Å². The van der Waals surface area contributed by atoms with E-state index in [9.17, 15) is 9.59 Å². The van der Waals surface area contributed by atoms with Crippen molar-refractivity contribution in [2.75, 3.05) is 5.88 Å². The van der Waals surface area contributed by atoms with Gasteiger partial charge in [-0.3, -0.25) is 9.36 Å².